The van der Waals surface area contributed by atoms with Crippen LogP contribution in [0.1, 0.15) is 23.9 Å². The Hall–Kier alpha value is -2.07. The fraction of sp³-hybridized carbons (Fsp3) is 0.500. The average molecular weight is 345 g/mol. The molecule has 0 aliphatic carbocycles. The molecule has 2 aromatic rings. The standard InChI is InChI=1S/C14H15F4N5O/c15-10-3-1-2-9(4-10)12-5-11(24)6-22(12)7-13-19-21-23(20-13)8-14(16,17)18/h1-4,11-12,24H,5-8H2/t11-,12+/m1/s1. The maximum Gasteiger partial charge on any atom is 0.409 e. The number of aliphatic hydroxyl groups is 1. The lowest BCUT2D eigenvalue weighted by Crippen LogP contribution is -2.25. The monoisotopic (exact) mass is 345 g/mol. The summed E-state index contributed by atoms with van der Waals surface area (Å²) in [6, 6.07) is 5.76. The van der Waals surface area contributed by atoms with Crippen molar-refractivity contribution in [3.63, 3.8) is 0 Å². The molecule has 2 atom stereocenters. The summed E-state index contributed by atoms with van der Waals surface area (Å²) in [5.41, 5.74) is 0.689. The normalized spacial score (nSPS) is 22.2. The summed E-state index contributed by atoms with van der Waals surface area (Å²) in [4.78, 5) is 2.29. The van der Waals surface area contributed by atoms with Gasteiger partial charge < -0.3 is 5.11 Å². The van der Waals surface area contributed by atoms with Crippen LogP contribution in [-0.2, 0) is 13.1 Å². The molecular weight excluding hydrogens is 330 g/mol. The zero-order valence-corrected chi connectivity index (χ0v) is 12.5. The average Bonchev–Trinajstić information content (AvgIpc) is 3.04. The van der Waals surface area contributed by atoms with Gasteiger partial charge in [0, 0.05) is 12.6 Å². The lowest BCUT2D eigenvalue weighted by atomic mass is 10.0. The molecule has 1 fully saturated rings. The van der Waals surface area contributed by atoms with Crippen LogP contribution in [0.4, 0.5) is 17.6 Å². The molecule has 24 heavy (non-hydrogen) atoms. The van der Waals surface area contributed by atoms with Crippen LogP contribution >= 0.6 is 0 Å². The molecule has 1 saturated heterocycles. The molecule has 0 unspecified atom stereocenters. The lowest BCUT2D eigenvalue weighted by Gasteiger charge is -2.22. The third-order valence-electron chi connectivity index (χ3n) is 3.77. The minimum absolute atomic E-state index is 0.120. The van der Waals surface area contributed by atoms with Gasteiger partial charge in [0.05, 0.1) is 12.6 Å². The first-order valence-corrected chi connectivity index (χ1v) is 7.31. The van der Waals surface area contributed by atoms with Crippen LogP contribution in [-0.4, -0.2) is 49.0 Å². The summed E-state index contributed by atoms with van der Waals surface area (Å²) in [5.74, 6) is -0.266. The van der Waals surface area contributed by atoms with Gasteiger partial charge in [-0.3, -0.25) is 4.90 Å². The number of hydrogen-bond donors (Lipinski definition) is 1. The third-order valence-corrected chi connectivity index (χ3v) is 3.77. The van der Waals surface area contributed by atoms with Gasteiger partial charge in [-0.2, -0.15) is 18.0 Å². The highest BCUT2D eigenvalue weighted by Gasteiger charge is 2.34. The molecule has 2 heterocycles. The van der Waals surface area contributed by atoms with Crippen molar-refractivity contribution >= 4 is 0 Å². The van der Waals surface area contributed by atoms with Crippen LogP contribution in [0.3, 0.4) is 0 Å². The van der Waals surface area contributed by atoms with Gasteiger partial charge in [0.15, 0.2) is 12.4 Å². The molecule has 0 saturated carbocycles. The van der Waals surface area contributed by atoms with Gasteiger partial charge in [-0.05, 0) is 29.3 Å². The summed E-state index contributed by atoms with van der Waals surface area (Å²) in [6.45, 7) is -0.888. The maximum absolute atomic E-state index is 13.4. The van der Waals surface area contributed by atoms with Crippen molar-refractivity contribution in [3.05, 3.63) is 41.5 Å². The smallest absolute Gasteiger partial charge is 0.392 e. The molecule has 130 valence electrons. The molecule has 6 nitrogen and oxygen atoms in total. The molecule has 0 radical (unpaired) electrons. The molecule has 0 amide bonds. The minimum atomic E-state index is -4.42. The summed E-state index contributed by atoms with van der Waals surface area (Å²) in [5, 5.41) is 20.6. The van der Waals surface area contributed by atoms with E-state index in [4.69, 9.17) is 0 Å². The summed E-state index contributed by atoms with van der Waals surface area (Å²) in [6.07, 6.45) is -4.63. The van der Waals surface area contributed by atoms with Gasteiger partial charge in [-0.15, -0.1) is 10.2 Å². The second kappa shape index (κ2) is 6.44. The van der Waals surface area contributed by atoms with E-state index in [2.05, 4.69) is 15.4 Å². The van der Waals surface area contributed by atoms with E-state index < -0.39 is 18.8 Å². The number of nitrogens with zero attached hydrogens (tertiary/aromatic N) is 5. The predicted octanol–water partition coefficient (Wildman–Crippen LogP) is 1.68. The van der Waals surface area contributed by atoms with Gasteiger partial charge in [-0.1, -0.05) is 12.1 Å². The first-order valence-electron chi connectivity index (χ1n) is 7.31. The van der Waals surface area contributed by atoms with Crippen molar-refractivity contribution < 1.29 is 22.7 Å². The van der Waals surface area contributed by atoms with Crippen molar-refractivity contribution in [2.24, 2.45) is 0 Å². The Balaban J connectivity index is 1.73. The van der Waals surface area contributed by atoms with E-state index in [1.54, 1.807) is 17.0 Å². The number of hydrogen-bond acceptors (Lipinski definition) is 5. The number of aliphatic hydroxyl groups excluding tert-OH is 1. The van der Waals surface area contributed by atoms with E-state index in [9.17, 15) is 22.7 Å². The molecule has 0 bridgehead atoms. The van der Waals surface area contributed by atoms with Crippen LogP contribution in [0.25, 0.3) is 0 Å². The highest BCUT2D eigenvalue weighted by atomic mass is 19.4. The lowest BCUT2D eigenvalue weighted by molar-refractivity contribution is -0.145. The molecular formula is C14H15F4N5O. The van der Waals surface area contributed by atoms with Crippen LogP contribution in [0.5, 0.6) is 0 Å². The van der Waals surface area contributed by atoms with Crippen LogP contribution in [0, 0.1) is 5.82 Å². The Bertz CT molecular complexity index is 704. The molecule has 10 heteroatoms. The van der Waals surface area contributed by atoms with Gasteiger partial charge >= 0.3 is 6.18 Å². The number of benzene rings is 1. The van der Waals surface area contributed by atoms with E-state index in [1.165, 1.54) is 12.1 Å². The number of β-amino-alcohol motifs (C(OH)–C–C–N with tert-alkyl or cyclic N) is 1. The summed E-state index contributed by atoms with van der Waals surface area (Å²) in [7, 11) is 0. The number of likely N-dealkylation sites (tertiary alicyclic amines) is 1. The van der Waals surface area contributed by atoms with Gasteiger partial charge in [0.2, 0.25) is 0 Å². The fourth-order valence-corrected chi connectivity index (χ4v) is 2.86. The van der Waals surface area contributed by atoms with E-state index in [-0.39, 0.29) is 24.2 Å². The Morgan fingerprint density at radius 1 is 1.29 bits per heavy atom. The number of rotatable bonds is 4. The fourth-order valence-electron chi connectivity index (χ4n) is 2.86. The summed E-state index contributed by atoms with van der Waals surface area (Å²) >= 11 is 0. The predicted molar refractivity (Wildman–Crippen MR) is 74.0 cm³/mol. The number of alkyl halides is 3. The Morgan fingerprint density at radius 2 is 2.08 bits per heavy atom. The second-order valence-electron chi connectivity index (χ2n) is 5.74. The SMILES string of the molecule is O[C@@H]1C[C@@H](c2cccc(F)c2)N(Cc2nnn(CC(F)(F)F)n2)C1. The number of aromatic nitrogens is 4. The highest BCUT2D eigenvalue weighted by Crippen LogP contribution is 2.33. The maximum atomic E-state index is 13.4. The zero-order valence-electron chi connectivity index (χ0n) is 12.5. The second-order valence-corrected chi connectivity index (χ2v) is 5.74. The van der Waals surface area contributed by atoms with Crippen molar-refractivity contribution in [1.82, 2.24) is 25.1 Å². The molecule has 1 aromatic heterocycles. The topological polar surface area (TPSA) is 67.1 Å². The van der Waals surface area contributed by atoms with Crippen LogP contribution < -0.4 is 0 Å². The largest absolute Gasteiger partial charge is 0.409 e. The quantitative estimate of drug-likeness (QED) is 0.854. The van der Waals surface area contributed by atoms with Crippen LogP contribution in [0.15, 0.2) is 24.3 Å². The zero-order chi connectivity index (χ0) is 17.3. The van der Waals surface area contributed by atoms with Gasteiger partial charge in [0.25, 0.3) is 0 Å². The third kappa shape index (κ3) is 4.06. The molecule has 0 spiro atoms. The minimum Gasteiger partial charge on any atom is -0.392 e. The van der Waals surface area contributed by atoms with Gasteiger partial charge in [0.1, 0.15) is 5.82 Å². The Labute approximate surface area is 134 Å². The molecule has 1 aliphatic heterocycles. The number of tetrazole rings is 1. The van der Waals surface area contributed by atoms with E-state index in [0.717, 1.165) is 0 Å². The van der Waals surface area contributed by atoms with E-state index >= 15 is 0 Å². The molecule has 1 aliphatic rings. The molecule has 3 rings (SSSR count). The van der Waals surface area contributed by atoms with Gasteiger partial charge in [-0.25, -0.2) is 4.39 Å². The van der Waals surface area contributed by atoms with Crippen molar-refractivity contribution in [1.29, 1.82) is 0 Å². The van der Waals surface area contributed by atoms with Crippen LogP contribution in [0.2, 0.25) is 0 Å². The first kappa shape index (κ1) is 16.8. The van der Waals surface area contributed by atoms with Crippen molar-refractivity contribution in [3.8, 4) is 0 Å². The first-order chi connectivity index (χ1) is 11.3. The summed E-state index contributed by atoms with van der Waals surface area (Å²) < 4.78 is 50.4. The molecule has 1 N–H and O–H groups in total. The Morgan fingerprint density at radius 3 is 2.79 bits per heavy atom. The number of halogens is 4. The van der Waals surface area contributed by atoms with Crippen molar-refractivity contribution in [2.45, 2.75) is 37.8 Å². The van der Waals surface area contributed by atoms with E-state index in [1.807, 2.05) is 0 Å². The highest BCUT2D eigenvalue weighted by molar-refractivity contribution is 5.21. The van der Waals surface area contributed by atoms with E-state index in [0.29, 0.717) is 23.3 Å². The Kier molecular flexibility index (Phi) is 4.50. The van der Waals surface area contributed by atoms with Crippen molar-refractivity contribution in [2.75, 3.05) is 6.54 Å². The molecule has 1 aromatic carbocycles.